The van der Waals surface area contributed by atoms with Crippen LogP contribution < -0.4 is 0 Å². The number of hydrogen-bond donors (Lipinski definition) is 5. The first kappa shape index (κ1) is 24.9. The zero-order valence-electron chi connectivity index (χ0n) is 18.5. The van der Waals surface area contributed by atoms with Crippen LogP contribution in [0.15, 0.2) is 30.3 Å². The molecule has 1 aromatic rings. The normalized spacial score (nSPS) is 43.5. The second kappa shape index (κ2) is 10.2. The van der Waals surface area contributed by atoms with Crippen molar-refractivity contribution in [1.29, 1.82) is 0 Å². The summed E-state index contributed by atoms with van der Waals surface area (Å²) < 4.78 is 34.5. The van der Waals surface area contributed by atoms with E-state index in [0.29, 0.717) is 0 Å². The fourth-order valence-corrected chi connectivity index (χ4v) is 4.19. The molecule has 4 rings (SSSR count). The second-order valence-electron chi connectivity index (χ2n) is 8.91. The van der Waals surface area contributed by atoms with Crippen molar-refractivity contribution in [2.75, 3.05) is 19.8 Å². The Kier molecular flexibility index (Phi) is 7.68. The quantitative estimate of drug-likeness (QED) is 0.339. The molecule has 5 N–H and O–H groups in total. The van der Waals surface area contributed by atoms with Crippen LogP contribution in [0.1, 0.15) is 25.7 Å². The summed E-state index contributed by atoms with van der Waals surface area (Å²) in [5.41, 5.74) is 0.727. The summed E-state index contributed by atoms with van der Waals surface area (Å²) >= 11 is 0. The summed E-state index contributed by atoms with van der Waals surface area (Å²) in [5, 5.41) is 50.5. The lowest BCUT2D eigenvalue weighted by Gasteiger charge is -2.43. The summed E-state index contributed by atoms with van der Waals surface area (Å²) in [4.78, 5) is 0. The average Bonchev–Trinajstić information content (AvgIpc) is 3.17. The fourth-order valence-electron chi connectivity index (χ4n) is 4.19. The van der Waals surface area contributed by atoms with Crippen molar-refractivity contribution in [2.24, 2.45) is 0 Å². The molecule has 3 saturated heterocycles. The minimum atomic E-state index is -1.57. The topological polar surface area (TPSA) is 157 Å². The first-order valence-corrected chi connectivity index (χ1v) is 11.0. The molecule has 0 aliphatic carbocycles. The van der Waals surface area contributed by atoms with Gasteiger partial charge in [-0.2, -0.15) is 0 Å². The van der Waals surface area contributed by atoms with Gasteiger partial charge in [0.05, 0.1) is 19.8 Å². The molecule has 10 atom stereocenters. The van der Waals surface area contributed by atoms with Crippen molar-refractivity contribution in [1.82, 2.24) is 0 Å². The average molecular weight is 472 g/mol. The Hall–Kier alpha value is -1.22. The van der Waals surface area contributed by atoms with E-state index in [0.717, 1.165) is 5.56 Å². The van der Waals surface area contributed by atoms with Crippen LogP contribution in [0.2, 0.25) is 0 Å². The van der Waals surface area contributed by atoms with Crippen molar-refractivity contribution >= 4 is 0 Å². The zero-order valence-corrected chi connectivity index (χ0v) is 18.5. The Morgan fingerprint density at radius 1 is 0.909 bits per heavy atom. The van der Waals surface area contributed by atoms with Crippen LogP contribution >= 0.6 is 0 Å². The molecule has 186 valence electrons. The van der Waals surface area contributed by atoms with Gasteiger partial charge in [0.2, 0.25) is 0 Å². The summed E-state index contributed by atoms with van der Waals surface area (Å²) in [6, 6.07) is 9.17. The molecule has 0 amide bonds. The monoisotopic (exact) mass is 472 g/mol. The number of rotatable bonds is 6. The summed E-state index contributed by atoms with van der Waals surface area (Å²) in [5.74, 6) is -0.823. The van der Waals surface area contributed by atoms with Crippen LogP contribution in [-0.4, -0.2) is 106 Å². The standard InChI is InChI=1S/C22H32O11/c1-22(2)29-10-14(33-22)19-16(25)13(31-20(32-19)11-6-4-3-5-7-11)9-28-21-18(27)17(26)15(24)12(8-23)30-21/h3-7,12-21,23-27H,8-10H2,1-2H3/t12-,13+,14-,15-,16-,17+,18-,19-,20?,21-/m1/s1. The molecule has 1 aromatic carbocycles. The van der Waals surface area contributed by atoms with Gasteiger partial charge in [-0.1, -0.05) is 30.3 Å². The minimum absolute atomic E-state index is 0.219. The lowest BCUT2D eigenvalue weighted by Crippen LogP contribution is -2.60. The van der Waals surface area contributed by atoms with E-state index in [9.17, 15) is 25.5 Å². The van der Waals surface area contributed by atoms with Crippen molar-refractivity contribution in [3.8, 4) is 0 Å². The van der Waals surface area contributed by atoms with Gasteiger partial charge in [-0.05, 0) is 13.8 Å². The molecule has 11 heteroatoms. The molecule has 0 aromatic heterocycles. The van der Waals surface area contributed by atoms with E-state index in [-0.39, 0.29) is 13.2 Å². The predicted molar refractivity (Wildman–Crippen MR) is 110 cm³/mol. The van der Waals surface area contributed by atoms with E-state index in [1.54, 1.807) is 13.8 Å². The number of ether oxygens (including phenoxy) is 6. The lowest BCUT2D eigenvalue weighted by molar-refractivity contribution is -0.337. The van der Waals surface area contributed by atoms with E-state index < -0.39 is 73.8 Å². The van der Waals surface area contributed by atoms with Gasteiger partial charge in [-0.3, -0.25) is 0 Å². The summed E-state index contributed by atoms with van der Waals surface area (Å²) in [7, 11) is 0. The van der Waals surface area contributed by atoms with Gasteiger partial charge in [-0.25, -0.2) is 0 Å². The van der Waals surface area contributed by atoms with Gasteiger partial charge in [0.15, 0.2) is 18.4 Å². The van der Waals surface area contributed by atoms with Gasteiger partial charge in [0.25, 0.3) is 0 Å². The van der Waals surface area contributed by atoms with Crippen molar-refractivity contribution in [3.63, 3.8) is 0 Å². The minimum Gasteiger partial charge on any atom is -0.394 e. The number of hydrogen-bond acceptors (Lipinski definition) is 11. The number of aliphatic hydroxyl groups excluding tert-OH is 5. The smallest absolute Gasteiger partial charge is 0.186 e. The molecule has 11 nitrogen and oxygen atoms in total. The van der Waals surface area contributed by atoms with Gasteiger partial charge in [0.1, 0.15) is 48.8 Å². The predicted octanol–water partition coefficient (Wildman–Crippen LogP) is -1.20. The maximum Gasteiger partial charge on any atom is 0.186 e. The molecule has 1 unspecified atom stereocenters. The Bertz CT molecular complexity index is 760. The van der Waals surface area contributed by atoms with Crippen molar-refractivity contribution in [2.45, 2.75) is 81.0 Å². The van der Waals surface area contributed by atoms with Crippen LogP contribution in [-0.2, 0) is 28.4 Å². The highest BCUT2D eigenvalue weighted by Crippen LogP contribution is 2.36. The zero-order chi connectivity index (χ0) is 23.8. The van der Waals surface area contributed by atoms with Crippen LogP contribution in [0.3, 0.4) is 0 Å². The second-order valence-corrected chi connectivity index (χ2v) is 8.91. The van der Waals surface area contributed by atoms with E-state index in [2.05, 4.69) is 0 Å². The van der Waals surface area contributed by atoms with Crippen molar-refractivity contribution in [3.05, 3.63) is 35.9 Å². The van der Waals surface area contributed by atoms with Crippen LogP contribution in [0.5, 0.6) is 0 Å². The van der Waals surface area contributed by atoms with Crippen molar-refractivity contribution < 1.29 is 54.0 Å². The van der Waals surface area contributed by atoms with E-state index >= 15 is 0 Å². The molecular formula is C22H32O11. The fraction of sp³-hybridized carbons (Fsp3) is 0.727. The Morgan fingerprint density at radius 3 is 2.27 bits per heavy atom. The van der Waals surface area contributed by atoms with Crippen LogP contribution in [0, 0.1) is 0 Å². The van der Waals surface area contributed by atoms with Gasteiger partial charge in [-0.15, -0.1) is 0 Å². The highest BCUT2D eigenvalue weighted by Gasteiger charge is 2.49. The summed E-state index contributed by atoms with van der Waals surface area (Å²) in [6.07, 6.45) is -11.3. The van der Waals surface area contributed by atoms with Gasteiger partial charge < -0.3 is 54.0 Å². The molecule has 0 radical (unpaired) electrons. The molecule has 3 heterocycles. The Labute approximate surface area is 191 Å². The molecule has 3 aliphatic rings. The molecule has 0 spiro atoms. The molecule has 33 heavy (non-hydrogen) atoms. The largest absolute Gasteiger partial charge is 0.394 e. The van der Waals surface area contributed by atoms with E-state index in [1.165, 1.54) is 0 Å². The van der Waals surface area contributed by atoms with E-state index in [1.807, 2.05) is 30.3 Å². The number of aliphatic hydroxyl groups is 5. The molecule has 3 aliphatic heterocycles. The number of benzene rings is 1. The van der Waals surface area contributed by atoms with Gasteiger partial charge in [0, 0.05) is 5.56 Å². The highest BCUT2D eigenvalue weighted by atomic mass is 16.8. The van der Waals surface area contributed by atoms with Gasteiger partial charge >= 0.3 is 0 Å². The lowest BCUT2D eigenvalue weighted by atomic mass is 9.99. The molecule has 3 fully saturated rings. The Balaban J connectivity index is 1.48. The first-order valence-electron chi connectivity index (χ1n) is 11.0. The Morgan fingerprint density at radius 2 is 1.64 bits per heavy atom. The van der Waals surface area contributed by atoms with E-state index in [4.69, 9.17) is 28.4 Å². The summed E-state index contributed by atoms with van der Waals surface area (Å²) in [6.45, 7) is 2.95. The highest BCUT2D eigenvalue weighted by molar-refractivity contribution is 5.17. The third-order valence-electron chi connectivity index (χ3n) is 6.04. The molecule has 0 saturated carbocycles. The maximum absolute atomic E-state index is 11.0. The maximum atomic E-state index is 11.0. The third-order valence-corrected chi connectivity index (χ3v) is 6.04. The van der Waals surface area contributed by atoms with Crippen LogP contribution in [0.4, 0.5) is 0 Å². The molecule has 0 bridgehead atoms. The third kappa shape index (κ3) is 5.39. The van der Waals surface area contributed by atoms with Crippen LogP contribution in [0.25, 0.3) is 0 Å². The first-order chi connectivity index (χ1) is 15.7. The SMILES string of the molecule is CC1(C)OC[C@H]([C@H]2OC(c3ccccc3)O[C@@H](CO[C@@H]3O[C@H](CO)[C@@H](O)[C@H](O)[C@H]3O)[C@H]2O)O1. The molecular weight excluding hydrogens is 440 g/mol.